The number of nitro groups is 1. The molecule has 0 bridgehead atoms. The van der Waals surface area contributed by atoms with Crippen molar-refractivity contribution in [3.8, 4) is 6.07 Å². The lowest BCUT2D eigenvalue weighted by atomic mass is 9.55. The van der Waals surface area contributed by atoms with Gasteiger partial charge in [0.2, 0.25) is 0 Å². The average Bonchev–Trinajstić information content (AvgIpc) is 2.88. The molecule has 0 saturated heterocycles. The summed E-state index contributed by atoms with van der Waals surface area (Å²) in [7, 11) is 0. The number of carbonyl (C=O) groups excluding carboxylic acids is 1. The average molecular weight is 324 g/mol. The minimum absolute atomic E-state index is 0.00397. The summed E-state index contributed by atoms with van der Waals surface area (Å²) in [4.78, 5) is 23.5. The summed E-state index contributed by atoms with van der Waals surface area (Å²) in [6.45, 7) is 2.12. The number of Topliss-reactive ketones (excluding diaryl/α,β-unsaturated/α-hetero) is 1. The van der Waals surface area contributed by atoms with Gasteiger partial charge in [-0.25, -0.2) is 0 Å². The molecule has 0 aliphatic heterocycles. The topological polar surface area (TPSA) is 84.0 Å². The van der Waals surface area contributed by atoms with Crippen LogP contribution in [-0.2, 0) is 11.2 Å². The maximum atomic E-state index is 12.4. The van der Waals surface area contributed by atoms with Crippen LogP contribution in [-0.4, -0.2) is 10.7 Å². The van der Waals surface area contributed by atoms with Crippen molar-refractivity contribution >= 4 is 11.5 Å². The molecule has 1 aromatic rings. The summed E-state index contributed by atoms with van der Waals surface area (Å²) in [6, 6.07) is 5.49. The van der Waals surface area contributed by atoms with E-state index in [1.54, 1.807) is 6.07 Å². The Bertz CT molecular complexity index is 795. The van der Waals surface area contributed by atoms with E-state index in [-0.39, 0.29) is 16.7 Å². The Morgan fingerprint density at radius 1 is 1.29 bits per heavy atom. The number of benzene rings is 1. The minimum atomic E-state index is -0.399. The third-order valence-corrected chi connectivity index (χ3v) is 6.90. The highest BCUT2D eigenvalue weighted by Gasteiger charge is 2.55. The van der Waals surface area contributed by atoms with Crippen molar-refractivity contribution in [2.75, 3.05) is 0 Å². The summed E-state index contributed by atoms with van der Waals surface area (Å²) in [5.41, 5.74) is 1.79. The lowest BCUT2D eigenvalue weighted by Gasteiger charge is -2.48. The van der Waals surface area contributed by atoms with Gasteiger partial charge in [-0.15, -0.1) is 0 Å². The molecule has 3 aliphatic rings. The number of hydrogen-bond donors (Lipinski definition) is 0. The van der Waals surface area contributed by atoms with Gasteiger partial charge in [0.05, 0.1) is 4.92 Å². The highest BCUT2D eigenvalue weighted by molar-refractivity contribution is 5.87. The lowest BCUT2D eigenvalue weighted by molar-refractivity contribution is -0.386. The van der Waals surface area contributed by atoms with Crippen molar-refractivity contribution in [1.29, 1.82) is 5.26 Å². The molecule has 3 aliphatic carbocycles. The SMILES string of the molecule is C[C@]12CCC3c4ccc(C#N)c([N+](=O)[O-])c4CCC3C1CCC2=O. The Morgan fingerprint density at radius 3 is 2.79 bits per heavy atom. The molecule has 5 heteroatoms. The number of nitriles is 1. The highest BCUT2D eigenvalue weighted by Crippen LogP contribution is 2.60. The summed E-state index contributed by atoms with van der Waals surface area (Å²) in [6.07, 6.45) is 4.98. The van der Waals surface area contributed by atoms with Crippen molar-refractivity contribution in [2.45, 2.75) is 51.4 Å². The summed E-state index contributed by atoms with van der Waals surface area (Å²) >= 11 is 0. The number of carbonyl (C=O) groups is 1. The molecule has 0 aromatic heterocycles. The first kappa shape index (κ1) is 15.3. The number of hydrogen-bond acceptors (Lipinski definition) is 4. The molecule has 0 amide bonds. The molecule has 124 valence electrons. The highest BCUT2D eigenvalue weighted by atomic mass is 16.6. The first-order valence-electron chi connectivity index (χ1n) is 8.71. The van der Waals surface area contributed by atoms with E-state index in [0.29, 0.717) is 36.4 Å². The predicted octanol–water partition coefficient (Wildman–Crippen LogP) is 3.89. The van der Waals surface area contributed by atoms with Crippen molar-refractivity contribution < 1.29 is 9.72 Å². The fraction of sp³-hybridized carbons (Fsp3) is 0.579. The van der Waals surface area contributed by atoms with Gasteiger partial charge in [0.1, 0.15) is 17.4 Å². The van der Waals surface area contributed by atoms with E-state index in [1.165, 1.54) is 0 Å². The smallest absolute Gasteiger partial charge is 0.290 e. The van der Waals surface area contributed by atoms with Crippen LogP contribution in [0.1, 0.15) is 61.6 Å². The Morgan fingerprint density at radius 2 is 2.08 bits per heavy atom. The van der Waals surface area contributed by atoms with Crippen molar-refractivity contribution in [2.24, 2.45) is 17.3 Å². The molecular weight excluding hydrogens is 304 g/mol. The van der Waals surface area contributed by atoms with Gasteiger partial charge in [-0.1, -0.05) is 13.0 Å². The molecule has 0 spiro atoms. The van der Waals surface area contributed by atoms with Crippen LogP contribution < -0.4 is 0 Å². The fourth-order valence-corrected chi connectivity index (χ4v) is 5.72. The van der Waals surface area contributed by atoms with Crippen LogP contribution in [0.15, 0.2) is 12.1 Å². The van der Waals surface area contributed by atoms with Crippen molar-refractivity contribution in [3.63, 3.8) is 0 Å². The third-order valence-electron chi connectivity index (χ3n) is 6.90. The zero-order valence-electron chi connectivity index (χ0n) is 13.7. The normalized spacial score (nSPS) is 34.0. The van der Waals surface area contributed by atoms with Gasteiger partial charge >= 0.3 is 0 Å². The number of ketones is 1. The van der Waals surface area contributed by atoms with Gasteiger partial charge in [-0.2, -0.15) is 5.26 Å². The lowest BCUT2D eigenvalue weighted by Crippen LogP contribution is -2.42. The second-order valence-electron chi connectivity index (χ2n) is 7.73. The van der Waals surface area contributed by atoms with Gasteiger partial charge in [-0.3, -0.25) is 14.9 Å². The molecule has 5 nitrogen and oxygen atoms in total. The fourth-order valence-electron chi connectivity index (χ4n) is 5.72. The Balaban J connectivity index is 1.79. The number of nitrogens with zero attached hydrogens (tertiary/aromatic N) is 2. The van der Waals surface area contributed by atoms with Crippen molar-refractivity contribution in [1.82, 2.24) is 0 Å². The van der Waals surface area contributed by atoms with Crippen molar-refractivity contribution in [3.05, 3.63) is 38.9 Å². The number of rotatable bonds is 1. The van der Waals surface area contributed by atoms with E-state index in [0.717, 1.165) is 36.8 Å². The van der Waals surface area contributed by atoms with Crippen LogP contribution in [0.2, 0.25) is 0 Å². The maximum Gasteiger partial charge on any atom is 0.290 e. The summed E-state index contributed by atoms with van der Waals surface area (Å²) in [5, 5.41) is 20.7. The van der Waals surface area contributed by atoms with Gasteiger partial charge in [0, 0.05) is 17.4 Å². The summed E-state index contributed by atoms with van der Waals surface area (Å²) in [5.74, 6) is 1.55. The molecule has 4 atom stereocenters. The summed E-state index contributed by atoms with van der Waals surface area (Å²) < 4.78 is 0. The Hall–Kier alpha value is -2.22. The molecule has 24 heavy (non-hydrogen) atoms. The van der Waals surface area contributed by atoms with E-state index < -0.39 is 4.92 Å². The molecule has 0 heterocycles. The molecule has 0 N–H and O–H groups in total. The number of nitro benzene ring substituents is 1. The Kier molecular flexibility index (Phi) is 3.28. The molecule has 3 unspecified atom stereocenters. The van der Waals surface area contributed by atoms with Crippen LogP contribution in [0.4, 0.5) is 5.69 Å². The van der Waals surface area contributed by atoms with E-state index in [4.69, 9.17) is 0 Å². The third kappa shape index (κ3) is 1.89. The van der Waals surface area contributed by atoms with Crippen LogP contribution in [0.25, 0.3) is 0 Å². The van der Waals surface area contributed by atoms with Crippen LogP contribution >= 0.6 is 0 Å². The van der Waals surface area contributed by atoms with Gasteiger partial charge in [0.25, 0.3) is 5.69 Å². The largest absolute Gasteiger partial charge is 0.299 e. The van der Waals surface area contributed by atoms with Gasteiger partial charge < -0.3 is 0 Å². The van der Waals surface area contributed by atoms with Gasteiger partial charge in [-0.05, 0) is 61.5 Å². The predicted molar refractivity (Wildman–Crippen MR) is 87.4 cm³/mol. The molecule has 4 rings (SSSR count). The molecule has 2 saturated carbocycles. The maximum absolute atomic E-state index is 12.4. The monoisotopic (exact) mass is 324 g/mol. The second kappa shape index (κ2) is 5.14. The zero-order chi connectivity index (χ0) is 17.1. The van der Waals surface area contributed by atoms with Crippen LogP contribution in [0.3, 0.4) is 0 Å². The van der Waals surface area contributed by atoms with Gasteiger partial charge in [0.15, 0.2) is 0 Å². The number of fused-ring (bicyclic) bond motifs is 5. The standard InChI is InChI=1S/C19H20N2O3/c1-19-9-8-13-12-3-2-11(10-20)18(21(23)24)15(12)5-4-14(13)16(19)6-7-17(19)22/h2-3,13-14,16H,4-9H2,1H3/t13?,14?,16?,19-/m0/s1. The van der Waals surface area contributed by atoms with Crippen LogP contribution in [0.5, 0.6) is 0 Å². The zero-order valence-corrected chi connectivity index (χ0v) is 13.7. The molecule has 1 aromatic carbocycles. The van der Waals surface area contributed by atoms with E-state index >= 15 is 0 Å². The van der Waals surface area contributed by atoms with E-state index in [9.17, 15) is 20.2 Å². The Labute approximate surface area is 140 Å². The first-order chi connectivity index (χ1) is 11.5. The van der Waals surface area contributed by atoms with E-state index in [2.05, 4.69) is 6.92 Å². The first-order valence-corrected chi connectivity index (χ1v) is 8.71. The quantitative estimate of drug-likeness (QED) is 0.579. The van der Waals surface area contributed by atoms with E-state index in [1.807, 2.05) is 12.1 Å². The molecule has 0 radical (unpaired) electrons. The second-order valence-corrected chi connectivity index (χ2v) is 7.73. The van der Waals surface area contributed by atoms with Crippen LogP contribution in [0, 0.1) is 38.7 Å². The minimum Gasteiger partial charge on any atom is -0.299 e. The molecule has 2 fully saturated rings. The molecular formula is C19H20N2O3.